The number of benzene rings is 9. The number of carbonyl (C=O) groups is 7. The van der Waals surface area contributed by atoms with E-state index in [4.69, 9.17) is 28.4 Å². The first-order valence-electron chi connectivity index (χ1n) is 39.9. The van der Waals surface area contributed by atoms with E-state index < -0.39 is 41.0 Å². The van der Waals surface area contributed by atoms with Gasteiger partial charge < -0.3 is 28.4 Å². The van der Waals surface area contributed by atoms with E-state index in [0.717, 1.165) is 46.2 Å². The number of hydrogen-bond donors (Lipinski definition) is 0. The minimum absolute atomic E-state index is 0.0151. The summed E-state index contributed by atoms with van der Waals surface area (Å²) in [4.78, 5) is 107. The molecule has 0 aromatic heterocycles. The van der Waals surface area contributed by atoms with Crippen LogP contribution >= 0.6 is 0 Å². The topological polar surface area (TPSA) is 224 Å². The molecule has 606 valence electrons. The summed E-state index contributed by atoms with van der Waals surface area (Å²) >= 11 is 0. The summed E-state index contributed by atoms with van der Waals surface area (Å²) in [6.07, 6.45) is 8.18. The van der Waals surface area contributed by atoms with Crippen LogP contribution in [0.4, 0.5) is 22.0 Å². The van der Waals surface area contributed by atoms with Crippen LogP contribution in [0.5, 0.6) is 34.5 Å². The fourth-order valence-corrected chi connectivity index (χ4v) is 17.1. The van der Waals surface area contributed by atoms with E-state index in [0.29, 0.717) is 178 Å². The van der Waals surface area contributed by atoms with Crippen molar-refractivity contribution >= 4 is 63.3 Å². The Hall–Kier alpha value is -12.2. The monoisotopic (exact) mass is 1600 g/mol. The molecule has 5 aliphatic carbocycles. The molecule has 0 saturated heterocycles. The molecule has 4 atom stereocenters. The number of ether oxygens (including phenoxy) is 6. The molecule has 3 heterocycles. The van der Waals surface area contributed by atoms with Crippen molar-refractivity contribution in [3.05, 3.63) is 281 Å². The summed E-state index contributed by atoms with van der Waals surface area (Å²) in [5.41, 5.74) is 13.5. The number of aryl methyl sites for hydroxylation is 1. The SMILES string of the molecule is CN=C1C(=O)C(Cc2cc(F)cc3c2OCCO3)c2cc(C(=O)CC(C)C)ccc21.CN=C1C(=O)C(Cc2cc(F)cc3c2OCCO3)c2cc(C(=O)CC3CCCCC3)ccc21.CN=C1C(=O)C(Cc2cc(F)cc3c2OCCO3)c2cc(C(=O)Cc3cccc(F)c3)ccc21.CN=C1C(=O)C(Cc2ccc(C)cc2)c2ccc(F)cc21. The van der Waals surface area contributed by atoms with Crippen LogP contribution in [0.2, 0.25) is 0 Å². The molecule has 17 nitrogen and oxygen atoms in total. The van der Waals surface area contributed by atoms with Crippen LogP contribution in [0.15, 0.2) is 178 Å². The molecule has 118 heavy (non-hydrogen) atoms. The van der Waals surface area contributed by atoms with Crippen molar-refractivity contribution < 1.29 is 83.9 Å². The second-order valence-corrected chi connectivity index (χ2v) is 31.0. The summed E-state index contributed by atoms with van der Waals surface area (Å²) in [5.74, 6) is -1.45. The highest BCUT2D eigenvalue weighted by atomic mass is 19.1. The van der Waals surface area contributed by atoms with E-state index >= 15 is 0 Å². The number of hydrogen-bond acceptors (Lipinski definition) is 17. The number of carbonyl (C=O) groups excluding carboxylic acids is 7. The molecule has 22 heteroatoms. The Kier molecular flexibility index (Phi) is 25.2. The van der Waals surface area contributed by atoms with Gasteiger partial charge in [-0.25, -0.2) is 22.0 Å². The van der Waals surface area contributed by atoms with Crippen LogP contribution in [0, 0.1) is 47.8 Å². The molecule has 9 aromatic carbocycles. The van der Waals surface area contributed by atoms with E-state index in [2.05, 4.69) is 20.0 Å². The number of nitrogens with zero attached hydrogens (tertiary/aromatic N) is 4. The largest absolute Gasteiger partial charge is 0.486 e. The summed E-state index contributed by atoms with van der Waals surface area (Å²) < 4.78 is 103. The lowest BCUT2D eigenvalue weighted by molar-refractivity contribution is -0.114. The zero-order valence-electron chi connectivity index (χ0n) is 66.7. The Morgan fingerprint density at radius 2 is 0.780 bits per heavy atom. The van der Waals surface area contributed by atoms with Crippen molar-refractivity contribution in [2.75, 3.05) is 67.8 Å². The smallest absolute Gasteiger partial charge is 0.189 e. The lowest BCUT2D eigenvalue weighted by Crippen LogP contribution is -2.19. The first-order valence-corrected chi connectivity index (χ1v) is 39.9. The Bertz CT molecular complexity index is 5630. The molecule has 8 aliphatic rings. The number of halogens is 5. The third-order valence-corrected chi connectivity index (χ3v) is 22.7. The standard InChI is InChI=1S/C27H21F2NO4.C27H28FNO4.C24H24FNO4.C18H16FNO/c1-30-25-20-6-5-16(23(31)10-15-3-2-4-18(28)9-15)12-21(20)22(26(25)32)13-17-11-19(29)14-24-27(17)34-8-7-33-24;1-29-25-20-8-7-17(23(30)11-16-5-3-2-4-6-16)13-21(20)22(26(25)31)14-18-12-19(28)15-24-27(18)33-10-9-32-24;1-13(2)8-20(27)14-4-5-17-18(10-14)19(23(28)22(17)26-3)11-15-9-16(25)12-21-24(15)30-7-6-29-21;1-11-3-5-12(6-4-11)9-16-14-8-7-13(19)10-15(14)17(20-2)18(16)21/h2-6,9,11-12,14,22H,7-8,10,13H2,1H3;7-8,12-13,15-16,22H,2-6,9-11,14H2,1H3;4-5,9-10,12-13,19H,6-8,11H2,1-3H3;3-8,10,16H,9H2,1-2H3. The van der Waals surface area contributed by atoms with Crippen molar-refractivity contribution in [1.82, 2.24) is 0 Å². The van der Waals surface area contributed by atoms with Crippen LogP contribution in [-0.4, -0.2) is 131 Å². The molecule has 0 radical (unpaired) electrons. The second-order valence-electron chi connectivity index (χ2n) is 31.0. The maximum absolute atomic E-state index is 14.3. The van der Waals surface area contributed by atoms with Gasteiger partial charge in [0.1, 0.15) is 91.6 Å². The molecule has 4 unspecified atom stereocenters. The molecule has 1 fully saturated rings. The zero-order valence-corrected chi connectivity index (χ0v) is 66.7. The predicted octanol–water partition coefficient (Wildman–Crippen LogP) is 17.2. The van der Waals surface area contributed by atoms with Gasteiger partial charge in [0.25, 0.3) is 0 Å². The quantitative estimate of drug-likeness (QED) is 0.0612. The summed E-state index contributed by atoms with van der Waals surface area (Å²) in [6.45, 7) is 8.15. The molecular formula is C96H89F5N4O13. The van der Waals surface area contributed by atoms with Crippen molar-refractivity contribution in [1.29, 1.82) is 0 Å². The zero-order chi connectivity index (χ0) is 83.2. The van der Waals surface area contributed by atoms with Crippen LogP contribution in [0.25, 0.3) is 0 Å². The second kappa shape index (κ2) is 36.1. The Morgan fingerprint density at radius 3 is 1.20 bits per heavy atom. The molecule has 17 rings (SSSR count). The lowest BCUT2D eigenvalue weighted by atomic mass is 9.84. The van der Waals surface area contributed by atoms with Gasteiger partial charge in [-0.2, -0.15) is 0 Å². The van der Waals surface area contributed by atoms with Gasteiger partial charge in [0.05, 0.1) is 23.7 Å². The Labute approximate surface area is 680 Å². The van der Waals surface area contributed by atoms with Gasteiger partial charge in [0.2, 0.25) is 0 Å². The van der Waals surface area contributed by atoms with Gasteiger partial charge in [-0.05, 0) is 138 Å². The van der Waals surface area contributed by atoms with Crippen molar-refractivity contribution in [3.63, 3.8) is 0 Å². The van der Waals surface area contributed by atoms with Gasteiger partial charge in [-0.15, -0.1) is 0 Å². The van der Waals surface area contributed by atoms with E-state index in [-0.39, 0.29) is 83.8 Å². The van der Waals surface area contributed by atoms with Crippen LogP contribution in [-0.2, 0) is 51.3 Å². The molecule has 0 spiro atoms. The number of ketones is 7. The molecule has 3 aliphatic heterocycles. The highest BCUT2D eigenvalue weighted by molar-refractivity contribution is 6.53. The van der Waals surface area contributed by atoms with E-state index in [1.165, 1.54) is 85.5 Å². The first kappa shape index (κ1) is 82.3. The highest BCUT2D eigenvalue weighted by Gasteiger charge is 2.42. The number of aliphatic imine (C=N–C) groups is 4. The van der Waals surface area contributed by atoms with Gasteiger partial charge in [-0.1, -0.05) is 130 Å². The van der Waals surface area contributed by atoms with E-state index in [9.17, 15) is 55.5 Å². The minimum atomic E-state index is -0.646. The lowest BCUT2D eigenvalue weighted by Gasteiger charge is -2.22. The summed E-state index contributed by atoms with van der Waals surface area (Å²) in [5, 5.41) is 0. The normalized spacial score (nSPS) is 19.2. The van der Waals surface area contributed by atoms with Crippen molar-refractivity contribution in [2.24, 2.45) is 31.8 Å². The van der Waals surface area contributed by atoms with Crippen molar-refractivity contribution in [2.45, 2.75) is 121 Å². The third-order valence-electron chi connectivity index (χ3n) is 22.7. The molecular weight excluding hydrogens is 1510 g/mol. The van der Waals surface area contributed by atoms with Gasteiger partial charge in [-0.3, -0.25) is 53.5 Å². The van der Waals surface area contributed by atoms with Gasteiger partial charge in [0, 0.05) is 121 Å². The fraction of sp³-hybridized carbons (Fsp3) is 0.323. The summed E-state index contributed by atoms with van der Waals surface area (Å²) in [7, 11) is 6.31. The van der Waals surface area contributed by atoms with Gasteiger partial charge >= 0.3 is 0 Å². The van der Waals surface area contributed by atoms with Gasteiger partial charge in [0.15, 0.2) is 75.0 Å². The maximum atomic E-state index is 14.3. The minimum Gasteiger partial charge on any atom is -0.486 e. The predicted molar refractivity (Wildman–Crippen MR) is 438 cm³/mol. The van der Waals surface area contributed by atoms with Crippen LogP contribution in [0.3, 0.4) is 0 Å². The van der Waals surface area contributed by atoms with Crippen LogP contribution < -0.4 is 28.4 Å². The number of rotatable bonds is 17. The Balaban J connectivity index is 0.000000131. The molecule has 0 N–H and O–H groups in total. The average molecular weight is 1600 g/mol. The molecule has 0 bridgehead atoms. The number of Topliss-reactive ketones (excluding diaryl/α,β-unsaturated/α-hetero) is 7. The average Bonchev–Trinajstić information content (AvgIpc) is 1.62. The first-order chi connectivity index (χ1) is 57.0. The maximum Gasteiger partial charge on any atom is 0.189 e. The highest BCUT2D eigenvalue weighted by Crippen LogP contribution is 2.46. The van der Waals surface area contributed by atoms with E-state index in [1.54, 1.807) is 82.8 Å². The fourth-order valence-electron chi connectivity index (χ4n) is 17.1. The van der Waals surface area contributed by atoms with Crippen molar-refractivity contribution in [3.8, 4) is 34.5 Å². The third kappa shape index (κ3) is 17.7. The van der Waals surface area contributed by atoms with Crippen LogP contribution in [0.1, 0.15) is 191 Å². The number of fused-ring (bicyclic) bond motifs is 7. The summed E-state index contributed by atoms with van der Waals surface area (Å²) in [6, 6.07) is 42.5. The molecule has 0 amide bonds. The molecule has 9 aromatic rings. The van der Waals surface area contributed by atoms with E-state index in [1.807, 2.05) is 63.2 Å². The Morgan fingerprint density at radius 1 is 0.381 bits per heavy atom. The molecule has 1 saturated carbocycles.